The molecule has 5 heteroatoms. The minimum Gasteiger partial charge on any atom is -0.494 e. The van der Waals surface area contributed by atoms with Gasteiger partial charge in [0.1, 0.15) is 11.6 Å². The Labute approximate surface area is 135 Å². The van der Waals surface area contributed by atoms with Gasteiger partial charge >= 0.3 is 0 Å². The number of benzene rings is 1. The lowest BCUT2D eigenvalue weighted by atomic mass is 10.1. The van der Waals surface area contributed by atoms with Gasteiger partial charge in [-0.2, -0.15) is 5.10 Å². The number of hydrogen-bond acceptors (Lipinski definition) is 3. The summed E-state index contributed by atoms with van der Waals surface area (Å²) in [5.41, 5.74) is 4.52. The van der Waals surface area contributed by atoms with E-state index in [1.165, 1.54) is 18.5 Å². The van der Waals surface area contributed by atoms with Gasteiger partial charge in [-0.1, -0.05) is 0 Å². The van der Waals surface area contributed by atoms with Gasteiger partial charge in [-0.05, 0) is 49.6 Å². The monoisotopic (exact) mass is 308 g/mol. The first-order chi connectivity index (χ1) is 11.3. The van der Waals surface area contributed by atoms with Crippen LogP contribution in [-0.4, -0.2) is 26.4 Å². The zero-order valence-electron chi connectivity index (χ0n) is 13.4. The maximum Gasteiger partial charge on any atom is 0.141 e. The molecular weight excluding hydrogens is 288 g/mol. The van der Waals surface area contributed by atoms with Gasteiger partial charge in [-0.3, -0.25) is 4.68 Å². The van der Waals surface area contributed by atoms with Crippen molar-refractivity contribution < 1.29 is 4.74 Å². The highest BCUT2D eigenvalue weighted by Gasteiger charge is 2.30. The maximum absolute atomic E-state index is 5.49. The summed E-state index contributed by atoms with van der Waals surface area (Å²) in [6.45, 7) is 2.67. The SMILES string of the molecule is CCOc1ccc(-c2cnc(-c3cnn(C)c3C3CC3)[nH]2)cc1. The summed E-state index contributed by atoms with van der Waals surface area (Å²) in [7, 11) is 2.01. The fraction of sp³-hybridized carbons (Fsp3) is 0.333. The predicted molar refractivity (Wildman–Crippen MR) is 89.4 cm³/mol. The lowest BCUT2D eigenvalue weighted by Crippen LogP contribution is -1.97. The van der Waals surface area contributed by atoms with Crippen LogP contribution in [0.3, 0.4) is 0 Å². The first-order valence-corrected chi connectivity index (χ1v) is 8.06. The molecule has 2 heterocycles. The highest BCUT2D eigenvalue weighted by atomic mass is 16.5. The van der Waals surface area contributed by atoms with E-state index in [1.807, 2.05) is 55.3 Å². The highest BCUT2D eigenvalue weighted by molar-refractivity contribution is 5.66. The van der Waals surface area contributed by atoms with Gasteiger partial charge in [0.2, 0.25) is 0 Å². The van der Waals surface area contributed by atoms with Crippen molar-refractivity contribution in [3.05, 3.63) is 42.4 Å². The van der Waals surface area contributed by atoms with Crippen LogP contribution in [0.4, 0.5) is 0 Å². The topological polar surface area (TPSA) is 55.7 Å². The van der Waals surface area contributed by atoms with Gasteiger partial charge in [-0.25, -0.2) is 4.98 Å². The van der Waals surface area contributed by atoms with Crippen molar-refractivity contribution in [2.75, 3.05) is 6.61 Å². The van der Waals surface area contributed by atoms with Gasteiger partial charge < -0.3 is 9.72 Å². The normalized spacial score (nSPS) is 14.2. The first kappa shape index (κ1) is 14.1. The average molecular weight is 308 g/mol. The zero-order valence-corrected chi connectivity index (χ0v) is 13.4. The van der Waals surface area contributed by atoms with E-state index in [9.17, 15) is 0 Å². The lowest BCUT2D eigenvalue weighted by molar-refractivity contribution is 0.340. The second-order valence-corrected chi connectivity index (χ2v) is 5.94. The smallest absolute Gasteiger partial charge is 0.141 e. The zero-order chi connectivity index (χ0) is 15.8. The number of ether oxygens (including phenoxy) is 1. The lowest BCUT2D eigenvalue weighted by Gasteiger charge is -2.04. The van der Waals surface area contributed by atoms with Crippen molar-refractivity contribution in [1.82, 2.24) is 19.7 Å². The molecule has 1 fully saturated rings. The summed E-state index contributed by atoms with van der Waals surface area (Å²) in [6, 6.07) is 8.07. The van der Waals surface area contributed by atoms with Crippen molar-refractivity contribution >= 4 is 0 Å². The molecule has 0 bridgehead atoms. The summed E-state index contributed by atoms with van der Waals surface area (Å²) in [5, 5.41) is 4.41. The van der Waals surface area contributed by atoms with Crippen molar-refractivity contribution in [3.8, 4) is 28.4 Å². The standard InChI is InChI=1S/C18H20N4O/c1-3-23-14-8-6-12(7-9-14)16-11-19-18(21-16)15-10-20-22(2)17(15)13-4-5-13/h6-11,13H,3-5H2,1-2H3,(H,19,21). The van der Waals surface area contributed by atoms with E-state index < -0.39 is 0 Å². The van der Waals surface area contributed by atoms with E-state index in [2.05, 4.69) is 15.1 Å². The molecule has 1 saturated carbocycles. The minimum absolute atomic E-state index is 0.636. The Kier molecular flexibility index (Phi) is 3.41. The van der Waals surface area contributed by atoms with Crippen LogP contribution in [-0.2, 0) is 7.05 Å². The van der Waals surface area contributed by atoms with Gasteiger partial charge in [0.05, 0.1) is 36.0 Å². The Morgan fingerprint density at radius 2 is 2.00 bits per heavy atom. The first-order valence-electron chi connectivity index (χ1n) is 8.06. The van der Waals surface area contributed by atoms with Crippen molar-refractivity contribution in [2.45, 2.75) is 25.7 Å². The van der Waals surface area contributed by atoms with E-state index in [-0.39, 0.29) is 0 Å². The number of nitrogens with one attached hydrogen (secondary N) is 1. The maximum atomic E-state index is 5.49. The van der Waals surface area contributed by atoms with E-state index >= 15 is 0 Å². The Morgan fingerprint density at radius 1 is 1.22 bits per heavy atom. The molecule has 5 nitrogen and oxygen atoms in total. The molecule has 0 radical (unpaired) electrons. The molecule has 2 aromatic heterocycles. The molecule has 4 rings (SSSR count). The number of nitrogens with zero attached hydrogens (tertiary/aromatic N) is 3. The fourth-order valence-electron chi connectivity index (χ4n) is 2.97. The third-order valence-corrected chi connectivity index (χ3v) is 4.26. The molecule has 118 valence electrons. The summed E-state index contributed by atoms with van der Waals surface area (Å²) in [4.78, 5) is 7.99. The number of imidazole rings is 1. The van der Waals surface area contributed by atoms with Gasteiger partial charge in [0.25, 0.3) is 0 Å². The minimum atomic E-state index is 0.636. The van der Waals surface area contributed by atoms with Gasteiger partial charge in [0, 0.05) is 13.0 Å². The van der Waals surface area contributed by atoms with Crippen LogP contribution < -0.4 is 4.74 Å². The summed E-state index contributed by atoms with van der Waals surface area (Å²) in [5.74, 6) is 2.42. The van der Waals surface area contributed by atoms with Crippen LogP contribution in [0.25, 0.3) is 22.6 Å². The van der Waals surface area contributed by atoms with E-state index in [0.29, 0.717) is 12.5 Å². The van der Waals surface area contributed by atoms with Crippen molar-refractivity contribution in [1.29, 1.82) is 0 Å². The second kappa shape index (κ2) is 5.57. The molecular formula is C18H20N4O. The fourth-order valence-corrected chi connectivity index (χ4v) is 2.97. The van der Waals surface area contributed by atoms with Gasteiger partial charge in [-0.15, -0.1) is 0 Å². The molecule has 3 aromatic rings. The molecule has 0 aliphatic heterocycles. The quantitative estimate of drug-likeness (QED) is 0.781. The van der Waals surface area contributed by atoms with Gasteiger partial charge in [0.15, 0.2) is 0 Å². The average Bonchev–Trinajstić information content (AvgIpc) is 3.14. The third-order valence-electron chi connectivity index (χ3n) is 4.26. The molecule has 0 spiro atoms. The number of aromatic amines is 1. The number of aromatic nitrogens is 4. The Balaban J connectivity index is 1.64. The Hall–Kier alpha value is -2.56. The third kappa shape index (κ3) is 2.63. The van der Waals surface area contributed by atoms with Crippen LogP contribution in [0.1, 0.15) is 31.4 Å². The number of rotatable bonds is 5. The molecule has 23 heavy (non-hydrogen) atoms. The van der Waals surface area contributed by atoms with Crippen LogP contribution in [0.2, 0.25) is 0 Å². The van der Waals surface area contributed by atoms with E-state index in [4.69, 9.17) is 4.74 Å². The summed E-state index contributed by atoms with van der Waals surface area (Å²) >= 11 is 0. The molecule has 0 saturated heterocycles. The molecule has 1 aliphatic carbocycles. The number of H-pyrrole nitrogens is 1. The predicted octanol–water partition coefficient (Wildman–Crippen LogP) is 3.75. The Bertz CT molecular complexity index is 812. The molecule has 0 atom stereocenters. The Morgan fingerprint density at radius 3 is 2.70 bits per heavy atom. The van der Waals surface area contributed by atoms with Crippen LogP contribution in [0.5, 0.6) is 5.75 Å². The summed E-state index contributed by atoms with van der Waals surface area (Å²) in [6.07, 6.45) is 6.29. The molecule has 1 aliphatic rings. The summed E-state index contributed by atoms with van der Waals surface area (Å²) < 4.78 is 7.46. The molecule has 1 N–H and O–H groups in total. The number of hydrogen-bond donors (Lipinski definition) is 1. The molecule has 1 aromatic carbocycles. The van der Waals surface area contributed by atoms with Crippen molar-refractivity contribution in [3.63, 3.8) is 0 Å². The molecule has 0 amide bonds. The largest absolute Gasteiger partial charge is 0.494 e. The second-order valence-electron chi connectivity index (χ2n) is 5.94. The van der Waals surface area contributed by atoms with Crippen LogP contribution in [0.15, 0.2) is 36.7 Å². The van der Waals surface area contributed by atoms with Crippen LogP contribution >= 0.6 is 0 Å². The molecule has 0 unspecified atom stereocenters. The van der Waals surface area contributed by atoms with E-state index in [0.717, 1.165) is 28.4 Å². The van der Waals surface area contributed by atoms with E-state index in [1.54, 1.807) is 0 Å². The number of aryl methyl sites for hydroxylation is 1. The highest BCUT2D eigenvalue weighted by Crippen LogP contribution is 2.43. The van der Waals surface area contributed by atoms with Crippen molar-refractivity contribution in [2.24, 2.45) is 7.05 Å². The van der Waals surface area contributed by atoms with Crippen LogP contribution in [0, 0.1) is 0 Å².